The van der Waals surface area contributed by atoms with Crippen molar-refractivity contribution in [2.75, 3.05) is 12.4 Å². The Kier molecular flexibility index (Phi) is 3.34. The smallest absolute Gasteiger partial charge is 0.322 e. The summed E-state index contributed by atoms with van der Waals surface area (Å²) in [5.41, 5.74) is 0.411. The number of rotatable bonds is 4. The van der Waals surface area contributed by atoms with Crippen molar-refractivity contribution in [3.8, 4) is 17.4 Å². The number of benzene rings is 1. The van der Waals surface area contributed by atoms with Gasteiger partial charge in [0.1, 0.15) is 5.75 Å². The van der Waals surface area contributed by atoms with Gasteiger partial charge < -0.3 is 13.7 Å². The quantitative estimate of drug-likeness (QED) is 0.782. The van der Waals surface area contributed by atoms with Crippen LogP contribution in [0.5, 0.6) is 5.75 Å². The molecule has 0 aliphatic rings. The van der Waals surface area contributed by atoms with Gasteiger partial charge in [0, 0.05) is 11.6 Å². The molecule has 0 aliphatic carbocycles. The number of methoxy groups -OCH3 is 1. The Bertz CT molecular complexity index is 751. The van der Waals surface area contributed by atoms with Gasteiger partial charge in [-0.25, -0.2) is 0 Å². The predicted molar refractivity (Wildman–Crippen MR) is 70.7 cm³/mol. The molecular weight excluding hydrogens is 276 g/mol. The molecule has 1 amide bonds. The lowest BCUT2D eigenvalue weighted by molar-refractivity contribution is 0.102. The zero-order valence-corrected chi connectivity index (χ0v) is 10.9. The average Bonchev–Trinajstić information content (AvgIpc) is 3.18. The third-order valence-corrected chi connectivity index (χ3v) is 2.63. The number of hydrogen-bond donors (Lipinski definition) is 1. The van der Waals surface area contributed by atoms with Gasteiger partial charge >= 0.3 is 6.01 Å². The van der Waals surface area contributed by atoms with Gasteiger partial charge in [-0.15, -0.1) is 5.10 Å². The fourth-order valence-corrected chi connectivity index (χ4v) is 1.63. The van der Waals surface area contributed by atoms with Gasteiger partial charge in [0.15, 0.2) is 0 Å². The van der Waals surface area contributed by atoms with Gasteiger partial charge in [-0.05, 0) is 18.2 Å². The minimum atomic E-state index is -0.387. The molecule has 0 spiro atoms. The van der Waals surface area contributed by atoms with Crippen molar-refractivity contribution in [3.05, 3.63) is 42.1 Å². The Morgan fingerprint density at radius 3 is 2.95 bits per heavy atom. The number of ether oxygens (including phenoxy) is 1. The van der Waals surface area contributed by atoms with Gasteiger partial charge in [0.25, 0.3) is 11.8 Å². The van der Waals surface area contributed by atoms with Gasteiger partial charge in [-0.1, -0.05) is 16.3 Å². The van der Waals surface area contributed by atoms with Crippen LogP contribution >= 0.6 is 0 Å². The van der Waals surface area contributed by atoms with Crippen LogP contribution in [0.3, 0.4) is 0 Å². The number of amides is 1. The van der Waals surface area contributed by atoms with Crippen molar-refractivity contribution < 1.29 is 18.5 Å². The fraction of sp³-hybridized carbons (Fsp3) is 0.0769. The third-order valence-electron chi connectivity index (χ3n) is 2.63. The molecule has 0 atom stereocenters. The van der Waals surface area contributed by atoms with E-state index in [9.17, 15) is 4.79 Å². The van der Waals surface area contributed by atoms with E-state index >= 15 is 0 Å². The van der Waals surface area contributed by atoms with Crippen LogP contribution < -0.4 is 10.1 Å². The highest BCUT2D eigenvalue weighted by atomic mass is 16.5. The average molecular weight is 286 g/mol. The zero-order valence-electron chi connectivity index (χ0n) is 10.9. The molecule has 1 N–H and O–H groups in total. The van der Waals surface area contributed by atoms with Crippen molar-refractivity contribution in [1.82, 2.24) is 15.4 Å². The topological polar surface area (TPSA) is 103 Å². The van der Waals surface area contributed by atoms with E-state index in [0.29, 0.717) is 17.1 Å². The summed E-state index contributed by atoms with van der Waals surface area (Å²) in [6.45, 7) is 0. The largest absolute Gasteiger partial charge is 0.497 e. The summed E-state index contributed by atoms with van der Waals surface area (Å²) in [7, 11) is 1.53. The van der Waals surface area contributed by atoms with Crippen LogP contribution in [0.4, 0.5) is 6.01 Å². The minimum absolute atomic E-state index is 0.0331. The molecule has 0 radical (unpaired) electrons. The number of anilines is 1. The van der Waals surface area contributed by atoms with Gasteiger partial charge in [-0.2, -0.15) is 0 Å². The zero-order chi connectivity index (χ0) is 14.7. The molecule has 8 heteroatoms. The highest BCUT2D eigenvalue weighted by Crippen LogP contribution is 2.19. The van der Waals surface area contributed by atoms with E-state index in [0.717, 1.165) is 0 Å². The molecule has 3 rings (SSSR count). The van der Waals surface area contributed by atoms with Crippen LogP contribution in [0.1, 0.15) is 10.4 Å². The van der Waals surface area contributed by atoms with Crippen LogP contribution in [0.2, 0.25) is 0 Å². The SMILES string of the molecule is COc1cccc(C(=O)Nc2nnc(-c3ccno3)o2)c1. The Morgan fingerprint density at radius 2 is 2.19 bits per heavy atom. The molecule has 0 fully saturated rings. The van der Waals surface area contributed by atoms with Gasteiger partial charge in [0.05, 0.1) is 13.3 Å². The molecule has 106 valence electrons. The van der Waals surface area contributed by atoms with Crippen molar-refractivity contribution in [2.24, 2.45) is 0 Å². The first-order chi connectivity index (χ1) is 10.3. The Morgan fingerprint density at radius 1 is 1.29 bits per heavy atom. The second-order valence-electron chi connectivity index (χ2n) is 3.98. The maximum atomic E-state index is 12.0. The molecule has 0 aliphatic heterocycles. The van der Waals surface area contributed by atoms with Crippen LogP contribution in [-0.2, 0) is 0 Å². The molecular formula is C13H10N4O4. The summed E-state index contributed by atoms with van der Waals surface area (Å²) < 4.78 is 15.2. The lowest BCUT2D eigenvalue weighted by Gasteiger charge is -2.03. The van der Waals surface area contributed by atoms with E-state index in [2.05, 4.69) is 20.7 Å². The molecule has 3 aromatic rings. The highest BCUT2D eigenvalue weighted by Gasteiger charge is 2.15. The van der Waals surface area contributed by atoms with Crippen molar-refractivity contribution in [1.29, 1.82) is 0 Å². The molecule has 0 saturated heterocycles. The minimum Gasteiger partial charge on any atom is -0.497 e. The monoisotopic (exact) mass is 286 g/mol. The van der Waals surface area contributed by atoms with Crippen molar-refractivity contribution in [3.63, 3.8) is 0 Å². The molecule has 2 heterocycles. The number of carbonyl (C=O) groups is 1. The van der Waals surface area contributed by atoms with E-state index in [1.54, 1.807) is 30.3 Å². The molecule has 1 aromatic carbocycles. The molecule has 8 nitrogen and oxygen atoms in total. The lowest BCUT2D eigenvalue weighted by atomic mass is 10.2. The van der Waals surface area contributed by atoms with Crippen LogP contribution in [0.15, 0.2) is 45.5 Å². The van der Waals surface area contributed by atoms with E-state index in [-0.39, 0.29) is 17.8 Å². The van der Waals surface area contributed by atoms with Crippen molar-refractivity contribution >= 4 is 11.9 Å². The molecule has 0 bridgehead atoms. The third kappa shape index (κ3) is 2.73. The number of hydrogen-bond acceptors (Lipinski definition) is 7. The number of carbonyl (C=O) groups excluding carboxylic acids is 1. The maximum absolute atomic E-state index is 12.0. The number of nitrogens with one attached hydrogen (secondary N) is 1. The number of nitrogens with zero attached hydrogens (tertiary/aromatic N) is 3. The first-order valence-corrected chi connectivity index (χ1v) is 5.96. The molecule has 0 unspecified atom stereocenters. The van der Waals surface area contributed by atoms with Crippen LogP contribution in [0, 0.1) is 0 Å². The van der Waals surface area contributed by atoms with E-state index in [4.69, 9.17) is 13.7 Å². The van der Waals surface area contributed by atoms with E-state index in [1.165, 1.54) is 13.3 Å². The van der Waals surface area contributed by atoms with Gasteiger partial charge in [-0.3, -0.25) is 10.1 Å². The van der Waals surface area contributed by atoms with Gasteiger partial charge in [0.2, 0.25) is 5.76 Å². The predicted octanol–water partition coefficient (Wildman–Crippen LogP) is 1.99. The maximum Gasteiger partial charge on any atom is 0.322 e. The highest BCUT2D eigenvalue weighted by molar-refractivity contribution is 6.03. The lowest BCUT2D eigenvalue weighted by Crippen LogP contribution is -2.12. The summed E-state index contributed by atoms with van der Waals surface area (Å²) in [6, 6.07) is 8.23. The second-order valence-corrected chi connectivity index (χ2v) is 3.98. The Labute approximate surface area is 118 Å². The summed E-state index contributed by atoms with van der Waals surface area (Å²) >= 11 is 0. The van der Waals surface area contributed by atoms with E-state index in [1.807, 2.05) is 0 Å². The van der Waals surface area contributed by atoms with E-state index < -0.39 is 0 Å². The normalized spacial score (nSPS) is 10.3. The summed E-state index contributed by atoms with van der Waals surface area (Å²) in [5.74, 6) is 0.648. The molecule has 0 saturated carbocycles. The first kappa shape index (κ1) is 12.9. The fourth-order valence-electron chi connectivity index (χ4n) is 1.63. The standard InChI is InChI=1S/C13H10N4O4/c1-19-9-4-2-3-8(7-9)11(18)15-13-17-16-12(20-13)10-5-6-14-21-10/h2-7H,1H3,(H,15,17,18). The molecule has 21 heavy (non-hydrogen) atoms. The second kappa shape index (κ2) is 5.45. The summed E-state index contributed by atoms with van der Waals surface area (Å²) in [4.78, 5) is 12.0. The Balaban J connectivity index is 1.75. The van der Waals surface area contributed by atoms with Crippen LogP contribution in [0.25, 0.3) is 11.7 Å². The van der Waals surface area contributed by atoms with Crippen LogP contribution in [-0.4, -0.2) is 28.4 Å². The summed E-state index contributed by atoms with van der Waals surface area (Å²) in [6.07, 6.45) is 1.45. The number of aromatic nitrogens is 3. The Hall–Kier alpha value is -3.16. The summed E-state index contributed by atoms with van der Waals surface area (Å²) in [5, 5.41) is 13.5. The van der Waals surface area contributed by atoms with Crippen molar-refractivity contribution in [2.45, 2.75) is 0 Å². The molecule has 2 aromatic heterocycles. The first-order valence-electron chi connectivity index (χ1n) is 5.96.